The van der Waals surface area contributed by atoms with Gasteiger partial charge in [-0.3, -0.25) is 0 Å². The third kappa shape index (κ3) is 4.13. The van der Waals surface area contributed by atoms with Gasteiger partial charge < -0.3 is 9.74 Å². The Hall–Kier alpha value is -0.303. The first kappa shape index (κ1) is 14.8. The van der Waals surface area contributed by atoms with E-state index in [1.54, 1.807) is 0 Å². The summed E-state index contributed by atoms with van der Waals surface area (Å²) in [5.74, 6) is 3.31. The van der Waals surface area contributed by atoms with E-state index in [9.17, 15) is 0 Å². The van der Waals surface area contributed by atoms with Crippen molar-refractivity contribution >= 4 is 8.32 Å². The molecule has 1 rings (SSSR count). The van der Waals surface area contributed by atoms with E-state index in [-0.39, 0.29) is 0 Å². The number of nitrogens with one attached hydrogen (secondary N) is 1. The van der Waals surface area contributed by atoms with Crippen LogP contribution in [0.3, 0.4) is 0 Å². The number of terminal acetylenes is 1. The maximum atomic E-state index is 6.10. The lowest BCUT2D eigenvalue weighted by molar-refractivity contribution is 0.237. The molecule has 3 heteroatoms. The van der Waals surface area contributed by atoms with Gasteiger partial charge in [-0.05, 0) is 31.0 Å². The highest BCUT2D eigenvalue weighted by Gasteiger charge is 2.37. The minimum atomic E-state index is -1.56. The largest absolute Gasteiger partial charge is 0.416 e. The van der Waals surface area contributed by atoms with Crippen molar-refractivity contribution in [2.75, 3.05) is 13.2 Å². The fourth-order valence-electron chi connectivity index (χ4n) is 1.71. The van der Waals surface area contributed by atoms with Gasteiger partial charge in [0.2, 0.25) is 0 Å². The first-order chi connectivity index (χ1) is 7.76. The molecule has 1 saturated carbocycles. The third-order valence-electron chi connectivity index (χ3n) is 4.18. The zero-order valence-corrected chi connectivity index (χ0v) is 13.0. The summed E-state index contributed by atoms with van der Waals surface area (Å²) in [6.45, 7) is 13.2. The van der Waals surface area contributed by atoms with Gasteiger partial charge in [0.1, 0.15) is 0 Å². The van der Waals surface area contributed by atoms with Crippen LogP contribution in [0.15, 0.2) is 0 Å². The van der Waals surface area contributed by atoms with E-state index in [1.807, 2.05) is 0 Å². The highest BCUT2D eigenvalue weighted by molar-refractivity contribution is 6.74. The van der Waals surface area contributed by atoms with Gasteiger partial charge in [0.05, 0.1) is 0 Å². The molecule has 0 atom stereocenters. The van der Waals surface area contributed by atoms with Gasteiger partial charge in [-0.25, -0.2) is 0 Å². The summed E-state index contributed by atoms with van der Waals surface area (Å²) in [7, 11) is -1.56. The topological polar surface area (TPSA) is 21.3 Å². The van der Waals surface area contributed by atoms with Gasteiger partial charge in [-0.2, -0.15) is 0 Å². The van der Waals surface area contributed by atoms with Crippen LogP contribution in [0.2, 0.25) is 18.1 Å². The van der Waals surface area contributed by atoms with Crippen LogP contribution < -0.4 is 5.32 Å². The van der Waals surface area contributed by atoms with Gasteiger partial charge in [0.25, 0.3) is 0 Å². The van der Waals surface area contributed by atoms with E-state index in [0.717, 1.165) is 26.0 Å². The van der Waals surface area contributed by atoms with Gasteiger partial charge in [-0.15, -0.1) is 12.3 Å². The SMILES string of the molecule is C#C[C@H]1C[C@H](NCCO[Si](C)(C)C(C)(C)C)C1. The Morgan fingerprint density at radius 1 is 1.35 bits per heavy atom. The summed E-state index contributed by atoms with van der Waals surface area (Å²) in [5, 5.41) is 3.81. The molecular weight excluding hydrogens is 226 g/mol. The molecule has 0 bridgehead atoms. The molecule has 0 amide bonds. The monoisotopic (exact) mass is 253 g/mol. The lowest BCUT2D eigenvalue weighted by atomic mass is 9.81. The van der Waals surface area contributed by atoms with Crippen LogP contribution in [0, 0.1) is 18.3 Å². The van der Waals surface area contributed by atoms with E-state index >= 15 is 0 Å². The quantitative estimate of drug-likeness (QED) is 0.462. The van der Waals surface area contributed by atoms with Crippen molar-refractivity contribution < 1.29 is 4.43 Å². The lowest BCUT2D eigenvalue weighted by Gasteiger charge is -2.37. The molecule has 1 fully saturated rings. The molecule has 0 spiro atoms. The first-order valence-corrected chi connectivity index (χ1v) is 9.50. The molecule has 0 saturated heterocycles. The predicted octanol–water partition coefficient (Wildman–Crippen LogP) is 3.01. The van der Waals surface area contributed by atoms with Crippen molar-refractivity contribution in [2.24, 2.45) is 5.92 Å². The second-order valence-corrected chi connectivity index (χ2v) is 11.4. The summed E-state index contributed by atoms with van der Waals surface area (Å²) in [5.41, 5.74) is 0. The van der Waals surface area contributed by atoms with Crippen LogP contribution in [-0.2, 0) is 4.43 Å². The molecule has 0 aromatic carbocycles. The van der Waals surface area contributed by atoms with Crippen molar-refractivity contribution in [3.63, 3.8) is 0 Å². The lowest BCUT2D eigenvalue weighted by Crippen LogP contribution is -2.45. The minimum absolute atomic E-state index is 0.304. The van der Waals surface area contributed by atoms with E-state index in [4.69, 9.17) is 10.8 Å². The molecule has 0 radical (unpaired) electrons. The smallest absolute Gasteiger partial charge is 0.192 e. The van der Waals surface area contributed by atoms with Gasteiger partial charge in [0, 0.05) is 25.1 Å². The Bertz CT molecular complexity index is 282. The van der Waals surface area contributed by atoms with Crippen LogP contribution in [0.5, 0.6) is 0 Å². The molecule has 1 aliphatic carbocycles. The fraction of sp³-hybridized carbons (Fsp3) is 0.857. The fourth-order valence-corrected chi connectivity index (χ4v) is 2.75. The average Bonchev–Trinajstić information content (AvgIpc) is 2.12. The average molecular weight is 253 g/mol. The van der Waals surface area contributed by atoms with Crippen molar-refractivity contribution in [3.8, 4) is 12.3 Å². The zero-order chi connectivity index (χ0) is 13.1. The third-order valence-corrected chi connectivity index (χ3v) is 8.72. The molecule has 0 heterocycles. The van der Waals surface area contributed by atoms with Gasteiger partial charge in [-0.1, -0.05) is 20.8 Å². The molecule has 1 aliphatic rings. The molecule has 0 aromatic rings. The summed E-state index contributed by atoms with van der Waals surface area (Å²) < 4.78 is 6.10. The summed E-state index contributed by atoms with van der Waals surface area (Å²) in [4.78, 5) is 0. The van der Waals surface area contributed by atoms with Crippen molar-refractivity contribution in [2.45, 2.75) is 57.8 Å². The Morgan fingerprint density at radius 3 is 2.41 bits per heavy atom. The Labute approximate surface area is 108 Å². The number of hydrogen-bond donors (Lipinski definition) is 1. The maximum Gasteiger partial charge on any atom is 0.192 e. The number of rotatable bonds is 5. The normalized spacial score (nSPS) is 25.2. The molecule has 0 aliphatic heterocycles. The van der Waals surface area contributed by atoms with Crippen LogP contribution in [-0.4, -0.2) is 27.5 Å². The molecular formula is C14H27NOSi. The van der Waals surface area contributed by atoms with Gasteiger partial charge >= 0.3 is 0 Å². The van der Waals surface area contributed by atoms with E-state index in [0.29, 0.717) is 17.0 Å². The van der Waals surface area contributed by atoms with Gasteiger partial charge in [0.15, 0.2) is 8.32 Å². The molecule has 98 valence electrons. The Balaban J connectivity index is 2.11. The highest BCUT2D eigenvalue weighted by atomic mass is 28.4. The van der Waals surface area contributed by atoms with Crippen molar-refractivity contribution in [3.05, 3.63) is 0 Å². The summed E-state index contributed by atoms with van der Waals surface area (Å²) >= 11 is 0. The van der Waals surface area contributed by atoms with Crippen molar-refractivity contribution in [1.29, 1.82) is 0 Å². The maximum absolute atomic E-state index is 6.10. The molecule has 1 N–H and O–H groups in total. The molecule has 0 aromatic heterocycles. The van der Waals surface area contributed by atoms with Crippen LogP contribution in [0.25, 0.3) is 0 Å². The standard InChI is InChI=1S/C14H27NOSi/c1-7-12-10-13(11-12)15-8-9-16-17(5,6)14(2,3)4/h1,12-13,15H,8-11H2,2-6H3/t12-,13-. The molecule has 2 nitrogen and oxygen atoms in total. The highest BCUT2D eigenvalue weighted by Crippen LogP contribution is 2.36. The van der Waals surface area contributed by atoms with Crippen LogP contribution >= 0.6 is 0 Å². The van der Waals surface area contributed by atoms with Crippen LogP contribution in [0.4, 0.5) is 0 Å². The van der Waals surface area contributed by atoms with Crippen molar-refractivity contribution in [1.82, 2.24) is 5.32 Å². The Kier molecular flexibility index (Phi) is 4.83. The van der Waals surface area contributed by atoms with E-state index < -0.39 is 8.32 Å². The molecule has 0 unspecified atom stereocenters. The van der Waals surface area contributed by atoms with Crippen LogP contribution in [0.1, 0.15) is 33.6 Å². The second kappa shape index (κ2) is 5.56. The minimum Gasteiger partial charge on any atom is -0.416 e. The van der Waals surface area contributed by atoms with E-state index in [1.165, 1.54) is 0 Å². The van der Waals surface area contributed by atoms with E-state index in [2.05, 4.69) is 45.1 Å². The zero-order valence-electron chi connectivity index (χ0n) is 12.0. The predicted molar refractivity (Wildman–Crippen MR) is 76.5 cm³/mol. The first-order valence-electron chi connectivity index (χ1n) is 6.60. The number of hydrogen-bond acceptors (Lipinski definition) is 2. The summed E-state index contributed by atoms with van der Waals surface area (Å²) in [6.07, 6.45) is 7.63. The molecule has 17 heavy (non-hydrogen) atoms. The Morgan fingerprint density at radius 2 is 1.94 bits per heavy atom. The summed E-state index contributed by atoms with van der Waals surface area (Å²) in [6, 6.07) is 0.624. The second-order valence-electron chi connectivity index (χ2n) is 6.59.